The number of rotatable bonds is 42. The van der Waals surface area contributed by atoms with E-state index < -0.39 is 51.8 Å². The molecular formula is C43H83O10P. The number of aliphatic hydroxyl groups excluding tert-OH is 2. The van der Waals surface area contributed by atoms with Gasteiger partial charge >= 0.3 is 19.8 Å². The number of phosphoric acid groups is 1. The number of hydrogen-bond donors (Lipinski definition) is 3. The van der Waals surface area contributed by atoms with Crippen LogP contribution < -0.4 is 0 Å². The van der Waals surface area contributed by atoms with Crippen LogP contribution in [0.3, 0.4) is 0 Å². The topological polar surface area (TPSA) is 149 Å². The van der Waals surface area contributed by atoms with Gasteiger partial charge in [0.1, 0.15) is 12.7 Å². The van der Waals surface area contributed by atoms with Gasteiger partial charge in [0.2, 0.25) is 0 Å². The smallest absolute Gasteiger partial charge is 0.462 e. The standard InChI is InChI=1S/C43H83O10P/c1-3-5-7-9-11-13-15-17-18-19-20-21-22-23-25-27-29-31-33-35-43(47)53-41(39-52-54(48,49)51-37-40(45)36-44)38-50-42(46)34-32-30-28-26-24-16-14-12-10-8-6-4-2/h19-20,40-41,44-45H,3-18,21-39H2,1-2H3,(H,48,49)/b20-19-/t40-,41+/m0/s1. The number of ether oxygens (including phenoxy) is 2. The highest BCUT2D eigenvalue weighted by atomic mass is 31.2. The summed E-state index contributed by atoms with van der Waals surface area (Å²) in [6.07, 6.45) is 37.5. The largest absolute Gasteiger partial charge is 0.472 e. The normalized spacial score (nSPS) is 13.9. The highest BCUT2D eigenvalue weighted by Crippen LogP contribution is 2.43. The van der Waals surface area contributed by atoms with E-state index in [1.54, 1.807) is 0 Å². The third-order valence-corrected chi connectivity index (χ3v) is 10.6. The second-order valence-corrected chi connectivity index (χ2v) is 16.5. The van der Waals surface area contributed by atoms with E-state index in [2.05, 4.69) is 30.5 Å². The second kappa shape index (κ2) is 39.9. The van der Waals surface area contributed by atoms with Crippen molar-refractivity contribution in [2.45, 2.75) is 225 Å². The molecule has 0 spiro atoms. The number of allylic oxidation sites excluding steroid dienone is 2. The Hall–Kier alpha value is -1.29. The second-order valence-electron chi connectivity index (χ2n) is 15.1. The minimum Gasteiger partial charge on any atom is -0.462 e. The molecule has 3 N–H and O–H groups in total. The van der Waals surface area contributed by atoms with Gasteiger partial charge in [0.15, 0.2) is 6.10 Å². The fraction of sp³-hybridized carbons (Fsp3) is 0.907. The molecule has 0 aromatic heterocycles. The van der Waals surface area contributed by atoms with E-state index >= 15 is 0 Å². The molecule has 1 unspecified atom stereocenters. The average molecular weight is 791 g/mol. The Kier molecular flexibility index (Phi) is 39.0. The molecule has 0 amide bonds. The number of phosphoric ester groups is 1. The molecule has 3 atom stereocenters. The van der Waals surface area contributed by atoms with Crippen molar-refractivity contribution in [1.82, 2.24) is 0 Å². The van der Waals surface area contributed by atoms with Crippen LogP contribution in [0.15, 0.2) is 12.2 Å². The lowest BCUT2D eigenvalue weighted by Crippen LogP contribution is -2.29. The van der Waals surface area contributed by atoms with Crippen LogP contribution >= 0.6 is 7.82 Å². The average Bonchev–Trinajstić information content (AvgIpc) is 3.16. The van der Waals surface area contributed by atoms with Crippen molar-refractivity contribution < 1.29 is 47.8 Å². The van der Waals surface area contributed by atoms with Crippen molar-refractivity contribution in [2.75, 3.05) is 26.4 Å². The molecule has 10 nitrogen and oxygen atoms in total. The van der Waals surface area contributed by atoms with Crippen LogP contribution in [-0.4, -0.2) is 65.7 Å². The summed E-state index contributed by atoms with van der Waals surface area (Å²) < 4.78 is 32.7. The summed E-state index contributed by atoms with van der Waals surface area (Å²) in [5.74, 6) is -0.920. The predicted molar refractivity (Wildman–Crippen MR) is 219 cm³/mol. The van der Waals surface area contributed by atoms with Gasteiger partial charge in [-0.3, -0.25) is 18.6 Å². The van der Waals surface area contributed by atoms with Gasteiger partial charge in [-0.15, -0.1) is 0 Å². The maximum Gasteiger partial charge on any atom is 0.472 e. The van der Waals surface area contributed by atoms with Gasteiger partial charge in [-0.25, -0.2) is 4.57 Å². The van der Waals surface area contributed by atoms with Crippen molar-refractivity contribution in [3.05, 3.63) is 12.2 Å². The number of unbranched alkanes of at least 4 members (excludes halogenated alkanes) is 26. The predicted octanol–water partition coefficient (Wildman–Crippen LogP) is 11.6. The SMILES string of the molecule is CCCCCCCCCC/C=C\CCCCCCCCCC(=O)O[C@H](COC(=O)CCCCCCCCCCCCCC)COP(=O)(O)OC[C@@H](O)CO. The molecule has 0 aromatic rings. The Morgan fingerprint density at radius 2 is 0.907 bits per heavy atom. The first-order chi connectivity index (χ1) is 26.2. The van der Waals surface area contributed by atoms with Crippen molar-refractivity contribution in [3.63, 3.8) is 0 Å². The molecule has 0 saturated carbocycles. The Morgan fingerprint density at radius 1 is 0.537 bits per heavy atom. The fourth-order valence-electron chi connectivity index (χ4n) is 6.22. The summed E-state index contributed by atoms with van der Waals surface area (Å²) in [5.41, 5.74) is 0. The van der Waals surface area contributed by atoms with Gasteiger partial charge in [-0.05, 0) is 38.5 Å². The van der Waals surface area contributed by atoms with Crippen LogP contribution in [0.4, 0.5) is 0 Å². The van der Waals surface area contributed by atoms with Gasteiger partial charge in [0.05, 0.1) is 19.8 Å². The zero-order valence-corrected chi connectivity index (χ0v) is 35.6. The molecule has 11 heteroatoms. The highest BCUT2D eigenvalue weighted by Gasteiger charge is 2.27. The number of carbonyl (C=O) groups excluding carboxylic acids is 2. The Bertz CT molecular complexity index is 915. The summed E-state index contributed by atoms with van der Waals surface area (Å²) in [5, 5.41) is 18.3. The summed E-state index contributed by atoms with van der Waals surface area (Å²) in [4.78, 5) is 35.0. The van der Waals surface area contributed by atoms with Crippen molar-refractivity contribution in [2.24, 2.45) is 0 Å². The molecule has 54 heavy (non-hydrogen) atoms. The lowest BCUT2D eigenvalue weighted by atomic mass is 10.0. The van der Waals surface area contributed by atoms with E-state index in [0.717, 1.165) is 44.9 Å². The maximum atomic E-state index is 12.6. The van der Waals surface area contributed by atoms with E-state index in [9.17, 15) is 24.2 Å². The zero-order chi connectivity index (χ0) is 39.8. The first-order valence-electron chi connectivity index (χ1n) is 22.1. The number of carbonyl (C=O) groups is 2. The molecule has 0 radical (unpaired) electrons. The quantitative estimate of drug-likeness (QED) is 0.0236. The van der Waals surface area contributed by atoms with Gasteiger partial charge in [-0.1, -0.05) is 174 Å². The Morgan fingerprint density at radius 3 is 1.33 bits per heavy atom. The van der Waals surface area contributed by atoms with E-state index in [4.69, 9.17) is 19.1 Å². The first kappa shape index (κ1) is 52.7. The molecule has 0 saturated heterocycles. The van der Waals surface area contributed by atoms with Crippen LogP contribution in [0.1, 0.15) is 213 Å². The minimum atomic E-state index is -4.61. The van der Waals surface area contributed by atoms with E-state index in [1.807, 2.05) is 0 Å². The number of aliphatic hydroxyl groups is 2. The van der Waals surface area contributed by atoms with Crippen molar-refractivity contribution in [3.8, 4) is 0 Å². The summed E-state index contributed by atoms with van der Waals surface area (Å²) in [6.45, 7) is 2.39. The Balaban J connectivity index is 4.24. The lowest BCUT2D eigenvalue weighted by molar-refractivity contribution is -0.161. The third kappa shape index (κ3) is 39.0. The number of hydrogen-bond acceptors (Lipinski definition) is 9. The number of esters is 2. The first-order valence-corrected chi connectivity index (χ1v) is 23.6. The molecule has 320 valence electrons. The van der Waals surface area contributed by atoms with Crippen molar-refractivity contribution >= 4 is 19.8 Å². The highest BCUT2D eigenvalue weighted by molar-refractivity contribution is 7.47. The van der Waals surface area contributed by atoms with Gasteiger partial charge < -0.3 is 24.6 Å². The monoisotopic (exact) mass is 791 g/mol. The molecule has 0 fully saturated rings. The molecular weight excluding hydrogens is 707 g/mol. The van der Waals surface area contributed by atoms with Crippen LogP contribution in [0, 0.1) is 0 Å². The van der Waals surface area contributed by atoms with E-state index in [-0.39, 0.29) is 19.4 Å². The summed E-state index contributed by atoms with van der Waals surface area (Å²) in [7, 11) is -4.61. The van der Waals surface area contributed by atoms with Crippen molar-refractivity contribution in [1.29, 1.82) is 0 Å². The fourth-order valence-corrected chi connectivity index (χ4v) is 7.01. The zero-order valence-electron chi connectivity index (χ0n) is 34.7. The van der Waals surface area contributed by atoms with Gasteiger partial charge in [0.25, 0.3) is 0 Å². The van der Waals surface area contributed by atoms with Gasteiger partial charge in [0, 0.05) is 12.8 Å². The Labute approximate surface area is 330 Å². The third-order valence-electron chi connectivity index (χ3n) is 9.67. The minimum absolute atomic E-state index is 0.183. The molecule has 0 rings (SSSR count). The molecule has 0 aliphatic rings. The van der Waals surface area contributed by atoms with Crippen LogP contribution in [0.25, 0.3) is 0 Å². The maximum absolute atomic E-state index is 12.6. The van der Waals surface area contributed by atoms with Gasteiger partial charge in [-0.2, -0.15) is 0 Å². The van der Waals surface area contributed by atoms with E-state index in [1.165, 1.54) is 128 Å². The van der Waals surface area contributed by atoms with E-state index in [0.29, 0.717) is 12.8 Å². The molecule has 0 heterocycles. The summed E-state index contributed by atoms with van der Waals surface area (Å²) in [6, 6.07) is 0. The van der Waals surface area contributed by atoms with Crippen LogP contribution in [0.2, 0.25) is 0 Å². The molecule has 0 aliphatic carbocycles. The molecule has 0 aromatic carbocycles. The van der Waals surface area contributed by atoms with Crippen LogP contribution in [-0.2, 0) is 32.7 Å². The summed E-state index contributed by atoms with van der Waals surface area (Å²) >= 11 is 0. The van der Waals surface area contributed by atoms with Crippen LogP contribution in [0.5, 0.6) is 0 Å². The molecule has 0 aliphatic heterocycles. The lowest BCUT2D eigenvalue weighted by Gasteiger charge is -2.20. The molecule has 0 bridgehead atoms.